The van der Waals surface area contributed by atoms with E-state index in [0.717, 1.165) is 0 Å². The topological polar surface area (TPSA) is 135 Å². The van der Waals surface area contributed by atoms with Crippen molar-refractivity contribution in [3.05, 3.63) is 36.5 Å². The number of esters is 3. The molecule has 0 aromatic carbocycles. The van der Waals surface area contributed by atoms with Crippen molar-refractivity contribution in [1.82, 2.24) is 0 Å². The SMILES string of the molecule is C=C(C(=O)OCCCC)C([O][V+2]([O]C(C(=C)C(=O)OCCCC)C(Cl)(Cl)Cl)[O]C(C(=C)C(=O)OCCCC)C(Cl)(Cl)Cl)C(Cl)(Cl)Cl.[O-2]. The molecule has 0 amide bonds. The zero-order valence-corrected chi connectivity index (χ0v) is 33.8. The maximum Gasteiger partial charge on any atom is -2.00 e. The molecule has 0 radical (unpaired) electrons. The first kappa shape index (κ1) is 49.8. The summed E-state index contributed by atoms with van der Waals surface area (Å²) < 4.78 is 25.9. The molecule has 0 fully saturated rings. The Balaban J connectivity index is 0. The zero-order chi connectivity index (χ0) is 35.9. The number of carbonyl (C=O) groups is 3. The number of alkyl halides is 9. The Morgan fingerprint density at radius 1 is 0.532 bits per heavy atom. The predicted octanol–water partition coefficient (Wildman–Crippen LogP) is 9.20. The fraction of sp³-hybridized carbons (Fsp3) is 0.667. The average molecular weight is 891 g/mol. The van der Waals surface area contributed by atoms with Gasteiger partial charge in [0.15, 0.2) is 0 Å². The third-order valence-corrected chi connectivity index (χ3v) is 8.97. The molecule has 3 unspecified atom stereocenters. The van der Waals surface area contributed by atoms with Crippen LogP contribution in [-0.2, 0) is 61.3 Å². The van der Waals surface area contributed by atoms with Crippen molar-refractivity contribution in [2.24, 2.45) is 0 Å². The first-order chi connectivity index (χ1) is 21.1. The van der Waals surface area contributed by atoms with Crippen LogP contribution in [0.2, 0.25) is 0 Å². The normalized spacial score (nSPS) is 13.8. The van der Waals surface area contributed by atoms with E-state index in [0.29, 0.717) is 38.5 Å². The number of hydrogen-bond acceptors (Lipinski definition) is 9. The summed E-state index contributed by atoms with van der Waals surface area (Å²) in [6.07, 6.45) is -1.77. The third kappa shape index (κ3) is 19.2. The van der Waals surface area contributed by atoms with Gasteiger partial charge in [0.05, 0.1) is 0 Å². The van der Waals surface area contributed by atoms with Gasteiger partial charge in [-0.05, 0) is 0 Å². The Morgan fingerprint density at radius 2 is 0.745 bits per heavy atom. The average Bonchev–Trinajstić information content (AvgIpc) is 2.93. The van der Waals surface area contributed by atoms with Crippen molar-refractivity contribution in [3.63, 3.8) is 0 Å². The van der Waals surface area contributed by atoms with Gasteiger partial charge in [0.25, 0.3) is 0 Å². The molecular weight excluding hydrogens is 854 g/mol. The van der Waals surface area contributed by atoms with E-state index in [4.69, 9.17) is 130 Å². The number of ether oxygens (including phenoxy) is 3. The Bertz CT molecular complexity index is 917. The van der Waals surface area contributed by atoms with E-state index in [1.54, 1.807) is 0 Å². The van der Waals surface area contributed by atoms with Gasteiger partial charge in [0.2, 0.25) is 0 Å². The van der Waals surface area contributed by atoms with E-state index in [1.807, 2.05) is 20.8 Å². The first-order valence-electron chi connectivity index (χ1n) is 13.7. The van der Waals surface area contributed by atoms with E-state index in [-0.39, 0.29) is 25.3 Å². The van der Waals surface area contributed by atoms with Gasteiger partial charge in [-0.25, -0.2) is 0 Å². The van der Waals surface area contributed by atoms with E-state index < -0.39 is 80.5 Å². The van der Waals surface area contributed by atoms with Gasteiger partial charge in [-0.2, -0.15) is 0 Å². The summed E-state index contributed by atoms with van der Waals surface area (Å²) in [5.41, 5.74) is -1.43. The van der Waals surface area contributed by atoms with Crippen molar-refractivity contribution >= 4 is 122 Å². The van der Waals surface area contributed by atoms with Gasteiger partial charge >= 0.3 is 323 Å². The van der Waals surface area contributed by atoms with Crippen molar-refractivity contribution in [3.8, 4) is 0 Å². The van der Waals surface area contributed by atoms with Crippen LogP contribution in [0.25, 0.3) is 0 Å². The molecule has 0 aromatic rings. The number of hydrogen-bond donors (Lipinski definition) is 0. The summed E-state index contributed by atoms with van der Waals surface area (Å²) >= 11 is 51.3. The van der Waals surface area contributed by atoms with E-state index >= 15 is 0 Å². The molecule has 20 heteroatoms. The van der Waals surface area contributed by atoms with Crippen LogP contribution in [0.4, 0.5) is 0 Å². The van der Waals surface area contributed by atoms with Gasteiger partial charge in [0, 0.05) is 0 Å². The molecule has 0 rings (SSSR count). The smallest absolute Gasteiger partial charge is 2.00 e. The molecule has 10 nitrogen and oxygen atoms in total. The van der Waals surface area contributed by atoms with Crippen molar-refractivity contribution in [2.75, 3.05) is 19.8 Å². The molecule has 0 aliphatic rings. The van der Waals surface area contributed by atoms with Crippen molar-refractivity contribution < 1.29 is 61.3 Å². The fourth-order valence-electron chi connectivity index (χ4n) is 2.82. The van der Waals surface area contributed by atoms with Gasteiger partial charge < -0.3 is 5.48 Å². The molecule has 3 atom stereocenters. The summed E-state index contributed by atoms with van der Waals surface area (Å²) in [6, 6.07) is 0. The third-order valence-electron chi connectivity index (χ3n) is 5.40. The number of carbonyl (C=O) groups excluding carboxylic acids is 3. The van der Waals surface area contributed by atoms with Crippen LogP contribution in [0.3, 0.4) is 0 Å². The van der Waals surface area contributed by atoms with Gasteiger partial charge in [0.1, 0.15) is 0 Å². The zero-order valence-electron chi connectivity index (χ0n) is 25.6. The van der Waals surface area contributed by atoms with Gasteiger partial charge in [-0.15, -0.1) is 0 Å². The molecule has 0 aromatic heterocycles. The van der Waals surface area contributed by atoms with Crippen LogP contribution in [0.15, 0.2) is 36.5 Å². The number of unbranched alkanes of at least 4 members (excludes halogenated alkanes) is 3. The minimum Gasteiger partial charge on any atom is -2.00 e. The van der Waals surface area contributed by atoms with E-state index in [1.165, 1.54) is 0 Å². The minimum absolute atomic E-state index is 0. The molecule has 47 heavy (non-hydrogen) atoms. The Hall–Kier alpha value is 0.664. The second-order valence-corrected chi connectivity index (χ2v) is 18.1. The Morgan fingerprint density at radius 3 is 0.915 bits per heavy atom. The summed E-state index contributed by atoms with van der Waals surface area (Å²) in [5.74, 6) is -2.95. The van der Waals surface area contributed by atoms with Crippen molar-refractivity contribution in [2.45, 2.75) is 89.0 Å². The van der Waals surface area contributed by atoms with Gasteiger partial charge in [-0.1, -0.05) is 0 Å². The monoisotopic (exact) mass is 886 g/mol. The van der Waals surface area contributed by atoms with E-state index in [9.17, 15) is 14.4 Å². The minimum atomic E-state index is -4.26. The molecule has 0 aliphatic carbocycles. The Kier molecular flexibility index (Phi) is 25.4. The standard InChI is InChI=1S/3C9H12Cl3O3.O.V/c3*1-3-4-5-15-8(14)6(2)7(13)9(10,11)12;;/h3*7H,2-5H2,1H3;;/q3*-1;-2;+5. The largest absolute Gasteiger partial charge is 2.00 e. The van der Waals surface area contributed by atoms with Crippen molar-refractivity contribution in [1.29, 1.82) is 0 Å². The molecule has 0 spiro atoms. The molecule has 0 saturated heterocycles. The van der Waals surface area contributed by atoms with E-state index in [2.05, 4.69) is 19.7 Å². The molecule has 272 valence electrons. The Labute approximate surface area is 326 Å². The van der Waals surface area contributed by atoms with Crippen LogP contribution in [0.5, 0.6) is 0 Å². The second kappa shape index (κ2) is 24.0. The molecule has 0 aliphatic heterocycles. The fourth-order valence-corrected chi connectivity index (χ4v) is 7.68. The predicted molar refractivity (Wildman–Crippen MR) is 181 cm³/mol. The first-order valence-corrected chi connectivity index (χ1v) is 18.8. The van der Waals surface area contributed by atoms with Gasteiger partial charge in [-0.3, -0.25) is 0 Å². The summed E-state index contributed by atoms with van der Waals surface area (Å²) in [5, 5.41) is 0. The molecule has 0 N–H and O–H groups in total. The van der Waals surface area contributed by atoms with Crippen LogP contribution in [0.1, 0.15) is 59.3 Å². The molecule has 0 bridgehead atoms. The summed E-state index contributed by atoms with van der Waals surface area (Å²) in [6.45, 7) is 16.6. The van der Waals surface area contributed by atoms with Crippen LogP contribution in [-0.4, -0.2) is 67.4 Å². The number of halogens is 9. The molecular formula is C27H36Cl9O10V. The van der Waals surface area contributed by atoms with Crippen LogP contribution < -0.4 is 0 Å². The summed E-state index contributed by atoms with van der Waals surface area (Å²) in [4.78, 5) is 38.3. The van der Waals surface area contributed by atoms with Crippen LogP contribution in [0, 0.1) is 0 Å². The molecule has 0 heterocycles. The second-order valence-electron chi connectivity index (χ2n) is 9.35. The van der Waals surface area contributed by atoms with Crippen LogP contribution >= 0.6 is 104 Å². The number of rotatable bonds is 21. The quantitative estimate of drug-likeness (QED) is 0.0364. The maximum atomic E-state index is 12.8. The molecule has 0 saturated carbocycles. The maximum absolute atomic E-state index is 12.8. The summed E-state index contributed by atoms with van der Waals surface area (Å²) in [7, 11) is 0.